The number of sulfonamides is 1. The van der Waals surface area contributed by atoms with Crippen LogP contribution in [0.25, 0.3) is 0 Å². The lowest BCUT2D eigenvalue weighted by atomic mass is 10.1. The maximum absolute atomic E-state index is 13.0. The SMILES string of the molecule is Cl.NC1CCCN(S(=O)(=O)c2ccc(Cl)cc2C(F)(F)F)C1. The number of hydrogen-bond acceptors (Lipinski definition) is 3. The minimum absolute atomic E-state index is 0. The predicted octanol–water partition coefficient (Wildman–Crippen LogP) is 2.89. The Labute approximate surface area is 137 Å². The van der Waals surface area contributed by atoms with Crippen LogP contribution in [0.15, 0.2) is 23.1 Å². The number of benzene rings is 1. The van der Waals surface area contributed by atoms with Gasteiger partial charge in [0.05, 0.1) is 10.5 Å². The van der Waals surface area contributed by atoms with Crippen LogP contribution in [-0.2, 0) is 16.2 Å². The Kier molecular flexibility index (Phi) is 6.14. The Balaban J connectivity index is 0.00000242. The highest BCUT2D eigenvalue weighted by atomic mass is 35.5. The van der Waals surface area contributed by atoms with Crippen molar-refractivity contribution in [1.82, 2.24) is 4.31 Å². The second-order valence-corrected chi connectivity index (χ2v) is 7.25. The van der Waals surface area contributed by atoms with Gasteiger partial charge in [0.15, 0.2) is 0 Å². The molecule has 0 spiro atoms. The molecule has 2 N–H and O–H groups in total. The minimum Gasteiger partial charge on any atom is -0.327 e. The molecule has 1 aromatic rings. The molecule has 4 nitrogen and oxygen atoms in total. The van der Waals surface area contributed by atoms with Crippen LogP contribution in [0.2, 0.25) is 5.02 Å². The summed E-state index contributed by atoms with van der Waals surface area (Å²) in [6.07, 6.45) is -3.63. The van der Waals surface area contributed by atoms with Crippen molar-refractivity contribution < 1.29 is 21.6 Å². The summed E-state index contributed by atoms with van der Waals surface area (Å²) in [5.74, 6) is 0. The first-order valence-electron chi connectivity index (χ1n) is 6.25. The van der Waals surface area contributed by atoms with Gasteiger partial charge in [-0.1, -0.05) is 11.6 Å². The topological polar surface area (TPSA) is 63.4 Å². The van der Waals surface area contributed by atoms with Crippen LogP contribution in [0.4, 0.5) is 13.2 Å². The van der Waals surface area contributed by atoms with Gasteiger partial charge in [0.1, 0.15) is 0 Å². The van der Waals surface area contributed by atoms with Crippen LogP contribution >= 0.6 is 24.0 Å². The second kappa shape index (κ2) is 6.92. The van der Waals surface area contributed by atoms with Gasteiger partial charge in [-0.15, -0.1) is 12.4 Å². The number of hydrogen-bond donors (Lipinski definition) is 1. The molecule has 0 saturated carbocycles. The van der Waals surface area contributed by atoms with Crippen LogP contribution in [-0.4, -0.2) is 31.9 Å². The van der Waals surface area contributed by atoms with Crippen molar-refractivity contribution in [3.05, 3.63) is 28.8 Å². The standard InChI is InChI=1S/C12H14ClF3N2O2S.ClH/c13-8-3-4-11(10(6-8)12(14,15)16)21(19,20)18-5-1-2-9(17)7-18;/h3-4,6,9H,1-2,5,7,17H2;1H. The van der Waals surface area contributed by atoms with E-state index in [-0.39, 0.29) is 36.6 Å². The predicted molar refractivity (Wildman–Crippen MR) is 79.7 cm³/mol. The third-order valence-electron chi connectivity index (χ3n) is 3.29. The van der Waals surface area contributed by atoms with E-state index in [1.165, 1.54) is 0 Å². The Morgan fingerprint density at radius 1 is 1.32 bits per heavy atom. The van der Waals surface area contributed by atoms with E-state index in [1.54, 1.807) is 0 Å². The summed E-state index contributed by atoms with van der Waals surface area (Å²) in [6, 6.07) is 2.28. The average Bonchev–Trinajstić information content (AvgIpc) is 2.37. The van der Waals surface area contributed by atoms with E-state index in [0.717, 1.165) is 16.4 Å². The van der Waals surface area contributed by atoms with E-state index < -0.39 is 26.7 Å². The molecule has 0 amide bonds. The Morgan fingerprint density at radius 3 is 2.50 bits per heavy atom. The van der Waals surface area contributed by atoms with Crippen molar-refractivity contribution >= 4 is 34.0 Å². The summed E-state index contributed by atoms with van der Waals surface area (Å²) >= 11 is 5.55. The molecular weight excluding hydrogens is 364 g/mol. The molecule has 10 heteroatoms. The fraction of sp³-hybridized carbons (Fsp3) is 0.500. The highest BCUT2D eigenvalue weighted by Crippen LogP contribution is 2.37. The lowest BCUT2D eigenvalue weighted by Gasteiger charge is -2.30. The summed E-state index contributed by atoms with van der Waals surface area (Å²) in [7, 11) is -4.25. The molecule has 0 aliphatic carbocycles. The summed E-state index contributed by atoms with van der Waals surface area (Å²) in [6.45, 7) is 0.179. The Morgan fingerprint density at radius 2 is 1.95 bits per heavy atom. The van der Waals surface area contributed by atoms with Gasteiger partial charge in [0.25, 0.3) is 0 Å². The molecule has 1 fully saturated rings. The van der Waals surface area contributed by atoms with Crippen molar-refractivity contribution in [3.8, 4) is 0 Å². The van der Waals surface area contributed by atoms with Gasteiger partial charge in [-0.25, -0.2) is 8.42 Å². The molecule has 1 aromatic carbocycles. The molecule has 1 heterocycles. The molecule has 1 saturated heterocycles. The second-order valence-electron chi connectivity index (χ2n) is 4.90. The number of nitrogens with zero attached hydrogens (tertiary/aromatic N) is 1. The van der Waals surface area contributed by atoms with Gasteiger partial charge in [-0.3, -0.25) is 0 Å². The first kappa shape index (κ1) is 19.5. The number of alkyl halides is 3. The van der Waals surface area contributed by atoms with E-state index >= 15 is 0 Å². The van der Waals surface area contributed by atoms with Gasteiger partial charge < -0.3 is 5.73 Å². The summed E-state index contributed by atoms with van der Waals surface area (Å²) in [4.78, 5) is -0.784. The normalized spacial score (nSPS) is 20.5. The molecule has 0 radical (unpaired) electrons. The van der Waals surface area contributed by atoms with Gasteiger partial charge in [0.2, 0.25) is 10.0 Å². The number of piperidine rings is 1. The van der Waals surface area contributed by atoms with Gasteiger partial charge in [0, 0.05) is 24.2 Å². The average molecular weight is 379 g/mol. The zero-order valence-electron chi connectivity index (χ0n) is 11.3. The smallest absolute Gasteiger partial charge is 0.327 e. The summed E-state index contributed by atoms with van der Waals surface area (Å²) in [5.41, 5.74) is 4.44. The van der Waals surface area contributed by atoms with E-state index in [9.17, 15) is 21.6 Å². The van der Waals surface area contributed by atoms with E-state index in [0.29, 0.717) is 18.9 Å². The number of halogens is 5. The maximum atomic E-state index is 13.0. The fourth-order valence-electron chi connectivity index (χ4n) is 2.28. The van der Waals surface area contributed by atoms with E-state index in [4.69, 9.17) is 17.3 Å². The third-order valence-corrected chi connectivity index (χ3v) is 5.44. The van der Waals surface area contributed by atoms with Crippen molar-refractivity contribution in [1.29, 1.82) is 0 Å². The van der Waals surface area contributed by atoms with Gasteiger partial charge in [-0.05, 0) is 31.0 Å². The largest absolute Gasteiger partial charge is 0.417 e. The summed E-state index contributed by atoms with van der Waals surface area (Å²) < 4.78 is 65.0. The third kappa shape index (κ3) is 4.05. The zero-order valence-corrected chi connectivity index (χ0v) is 13.7. The van der Waals surface area contributed by atoms with E-state index in [1.807, 2.05) is 0 Å². The minimum atomic E-state index is -4.80. The Hall–Kier alpha value is -0.540. The number of nitrogens with two attached hydrogens (primary N) is 1. The molecule has 1 atom stereocenters. The monoisotopic (exact) mass is 378 g/mol. The lowest BCUT2D eigenvalue weighted by molar-refractivity contribution is -0.139. The van der Waals surface area contributed by atoms with Crippen molar-refractivity contribution in [3.63, 3.8) is 0 Å². The quantitative estimate of drug-likeness (QED) is 0.860. The molecule has 1 aliphatic heterocycles. The van der Waals surface area contributed by atoms with Gasteiger partial charge >= 0.3 is 6.18 Å². The van der Waals surface area contributed by atoms with Crippen molar-refractivity contribution in [2.45, 2.75) is 30.0 Å². The highest BCUT2D eigenvalue weighted by molar-refractivity contribution is 7.89. The van der Waals surface area contributed by atoms with Crippen LogP contribution < -0.4 is 5.73 Å². The first-order valence-corrected chi connectivity index (χ1v) is 8.06. The van der Waals surface area contributed by atoms with Crippen molar-refractivity contribution in [2.75, 3.05) is 13.1 Å². The lowest BCUT2D eigenvalue weighted by Crippen LogP contribution is -2.45. The zero-order chi connectivity index (χ0) is 15.8. The molecule has 0 bridgehead atoms. The van der Waals surface area contributed by atoms with E-state index in [2.05, 4.69) is 0 Å². The van der Waals surface area contributed by atoms with Crippen LogP contribution in [0.1, 0.15) is 18.4 Å². The molecule has 126 valence electrons. The molecule has 1 aliphatic rings. The summed E-state index contributed by atoms with van der Waals surface area (Å²) in [5, 5.41) is -0.170. The van der Waals surface area contributed by atoms with Crippen molar-refractivity contribution in [2.24, 2.45) is 5.73 Å². The van der Waals surface area contributed by atoms with Gasteiger partial charge in [-0.2, -0.15) is 17.5 Å². The molecule has 22 heavy (non-hydrogen) atoms. The molecule has 2 rings (SSSR count). The number of rotatable bonds is 2. The molecule has 0 aromatic heterocycles. The first-order chi connectivity index (χ1) is 9.62. The molecule has 1 unspecified atom stereocenters. The Bertz CT molecular complexity index is 638. The fourth-order valence-corrected chi connectivity index (χ4v) is 4.18. The molecular formula is C12H15Cl2F3N2O2S. The van der Waals surface area contributed by atoms with Crippen LogP contribution in [0.5, 0.6) is 0 Å². The highest BCUT2D eigenvalue weighted by Gasteiger charge is 2.40. The van der Waals surface area contributed by atoms with Crippen LogP contribution in [0, 0.1) is 0 Å². The maximum Gasteiger partial charge on any atom is 0.417 e. The van der Waals surface area contributed by atoms with Crippen LogP contribution in [0.3, 0.4) is 0 Å².